The average molecular weight is 693 g/mol. The number of hydrogen-bond acceptors (Lipinski definition) is 3. The molecule has 2 heterocycles. The van der Waals surface area contributed by atoms with Crippen molar-refractivity contribution in [1.82, 2.24) is 9.97 Å². The number of furan rings is 1. The molecule has 0 fully saturated rings. The van der Waals surface area contributed by atoms with Crippen LogP contribution in [0, 0.1) is 0 Å². The molecule has 0 saturated heterocycles. The number of hydrogen-bond donors (Lipinski definition) is 0. The third-order valence-corrected chi connectivity index (χ3v) is 11.8. The summed E-state index contributed by atoms with van der Waals surface area (Å²) in [4.78, 5) is 10.7. The maximum Gasteiger partial charge on any atom is 0.160 e. The zero-order chi connectivity index (χ0) is 36.0. The summed E-state index contributed by atoms with van der Waals surface area (Å²) in [7, 11) is 0. The van der Waals surface area contributed by atoms with Crippen molar-refractivity contribution in [3.8, 4) is 56.2 Å². The van der Waals surface area contributed by atoms with Gasteiger partial charge in [0, 0.05) is 32.9 Å². The smallest absolute Gasteiger partial charge is 0.160 e. The summed E-state index contributed by atoms with van der Waals surface area (Å²) in [6.07, 6.45) is 6.49. The van der Waals surface area contributed by atoms with Gasteiger partial charge in [0.15, 0.2) is 5.82 Å². The quantitative estimate of drug-likeness (QED) is 0.184. The second-order valence-electron chi connectivity index (χ2n) is 15.2. The molecule has 0 amide bonds. The van der Waals surface area contributed by atoms with Crippen LogP contribution in [0.3, 0.4) is 0 Å². The van der Waals surface area contributed by atoms with Crippen LogP contribution in [0.4, 0.5) is 0 Å². The lowest BCUT2D eigenvalue weighted by Gasteiger charge is -2.22. The highest BCUT2D eigenvalue weighted by Crippen LogP contribution is 2.50. The van der Waals surface area contributed by atoms with E-state index in [-0.39, 0.29) is 5.41 Å². The van der Waals surface area contributed by atoms with Gasteiger partial charge >= 0.3 is 0 Å². The standard InChI is InChI=1S/C51H36N2O/c1-51(2)42-21-11-10-19-38(42)39-25-23-33(29-43(39)51)45-30-44(32-14-4-3-5-15-32)52-50(53-45)41-27-26-37(35-17-8-9-18-36(35)41)40-20-12-22-46-49(40)48-34-16-7-6-13-31(34)24-28-47(48)54-46/h3-8,10-17,19-30H,9,18H2,1-2H3. The van der Waals surface area contributed by atoms with Gasteiger partial charge in [0.1, 0.15) is 11.2 Å². The Kier molecular flexibility index (Phi) is 6.72. The van der Waals surface area contributed by atoms with E-state index in [1.165, 1.54) is 60.7 Å². The molecule has 2 aliphatic carbocycles. The van der Waals surface area contributed by atoms with Crippen LogP contribution in [-0.2, 0) is 11.8 Å². The highest BCUT2D eigenvalue weighted by Gasteiger charge is 2.35. The van der Waals surface area contributed by atoms with E-state index in [9.17, 15) is 0 Å². The maximum atomic E-state index is 6.49. The topological polar surface area (TPSA) is 38.9 Å². The van der Waals surface area contributed by atoms with E-state index in [2.05, 4.69) is 172 Å². The molecule has 3 nitrogen and oxygen atoms in total. The van der Waals surface area contributed by atoms with Crippen LogP contribution in [0.25, 0.3) is 94.9 Å². The lowest BCUT2D eigenvalue weighted by molar-refractivity contribution is 0.660. The number of aromatic nitrogens is 2. The van der Waals surface area contributed by atoms with E-state index in [4.69, 9.17) is 14.4 Å². The van der Waals surface area contributed by atoms with E-state index in [0.717, 1.165) is 63.3 Å². The van der Waals surface area contributed by atoms with Crippen molar-refractivity contribution < 1.29 is 4.42 Å². The first-order chi connectivity index (χ1) is 26.5. The molecular weight excluding hydrogens is 657 g/mol. The summed E-state index contributed by atoms with van der Waals surface area (Å²) in [5.41, 5.74) is 17.1. The first-order valence-corrected chi connectivity index (χ1v) is 18.9. The van der Waals surface area contributed by atoms with Gasteiger partial charge in [-0.05, 0) is 92.4 Å². The number of nitrogens with zero attached hydrogens (tertiary/aromatic N) is 2. The van der Waals surface area contributed by atoms with E-state index in [1.807, 2.05) is 0 Å². The zero-order valence-corrected chi connectivity index (χ0v) is 30.2. The lowest BCUT2D eigenvalue weighted by Crippen LogP contribution is -2.15. The minimum Gasteiger partial charge on any atom is -0.456 e. The molecule has 2 aliphatic rings. The lowest BCUT2D eigenvalue weighted by atomic mass is 9.82. The molecule has 0 unspecified atom stereocenters. The third-order valence-electron chi connectivity index (χ3n) is 11.8. The van der Waals surface area contributed by atoms with Crippen molar-refractivity contribution in [2.24, 2.45) is 0 Å². The fourth-order valence-electron chi connectivity index (χ4n) is 9.15. The molecule has 3 heteroatoms. The molecule has 9 aromatic rings. The van der Waals surface area contributed by atoms with Gasteiger partial charge in [0.25, 0.3) is 0 Å². The minimum absolute atomic E-state index is 0.100. The fraction of sp³-hybridized carbons (Fsp3) is 0.0980. The fourth-order valence-corrected chi connectivity index (χ4v) is 9.15. The van der Waals surface area contributed by atoms with E-state index < -0.39 is 0 Å². The Morgan fingerprint density at radius 3 is 2.17 bits per heavy atom. The van der Waals surface area contributed by atoms with Gasteiger partial charge in [-0.25, -0.2) is 9.97 Å². The van der Waals surface area contributed by atoms with Crippen molar-refractivity contribution in [1.29, 1.82) is 0 Å². The minimum atomic E-state index is -0.100. The molecule has 2 aromatic heterocycles. The molecule has 0 saturated carbocycles. The Hall–Kier alpha value is -6.58. The highest BCUT2D eigenvalue weighted by molar-refractivity contribution is 6.23. The van der Waals surface area contributed by atoms with Crippen LogP contribution >= 0.6 is 0 Å². The van der Waals surface area contributed by atoms with Gasteiger partial charge in [-0.3, -0.25) is 0 Å². The Morgan fingerprint density at radius 2 is 1.26 bits per heavy atom. The monoisotopic (exact) mass is 692 g/mol. The average Bonchev–Trinajstić information content (AvgIpc) is 3.73. The van der Waals surface area contributed by atoms with Gasteiger partial charge in [-0.2, -0.15) is 0 Å². The Balaban J connectivity index is 1.11. The molecule has 0 spiro atoms. The van der Waals surface area contributed by atoms with Crippen molar-refractivity contribution >= 4 is 38.8 Å². The maximum absolute atomic E-state index is 6.49. The first-order valence-electron chi connectivity index (χ1n) is 18.9. The molecule has 11 rings (SSSR count). The molecule has 54 heavy (non-hydrogen) atoms. The summed E-state index contributed by atoms with van der Waals surface area (Å²) in [6.45, 7) is 4.66. The van der Waals surface area contributed by atoms with Crippen LogP contribution < -0.4 is 0 Å². The number of rotatable bonds is 4. The Labute approximate surface area is 314 Å². The molecule has 256 valence electrons. The van der Waals surface area contributed by atoms with E-state index >= 15 is 0 Å². The van der Waals surface area contributed by atoms with Crippen LogP contribution in [0.15, 0.2) is 156 Å². The normalized spacial score (nSPS) is 14.0. The van der Waals surface area contributed by atoms with Gasteiger partial charge in [-0.15, -0.1) is 0 Å². The summed E-state index contributed by atoms with van der Waals surface area (Å²) < 4.78 is 6.49. The van der Waals surface area contributed by atoms with Crippen LogP contribution in [0.1, 0.15) is 42.5 Å². The molecular formula is C51H36N2O. The SMILES string of the molecule is CC1(C)c2ccccc2-c2ccc(-c3cc(-c4ccccc4)nc(-c4ccc(-c5cccc6oc7ccc8ccccc8c7c56)c5c4CCC=C5)n3)cc21. The highest BCUT2D eigenvalue weighted by atomic mass is 16.3. The van der Waals surface area contributed by atoms with Crippen molar-refractivity contribution in [3.63, 3.8) is 0 Å². The molecule has 0 N–H and O–H groups in total. The van der Waals surface area contributed by atoms with Gasteiger partial charge < -0.3 is 4.42 Å². The summed E-state index contributed by atoms with van der Waals surface area (Å²) in [5.74, 6) is 0.755. The molecule has 0 radical (unpaired) electrons. The summed E-state index contributed by atoms with van der Waals surface area (Å²) in [5, 5.41) is 4.74. The Bertz CT molecular complexity index is 3020. The number of benzene rings is 7. The second kappa shape index (κ2) is 11.7. The van der Waals surface area contributed by atoms with Crippen LogP contribution in [0.2, 0.25) is 0 Å². The van der Waals surface area contributed by atoms with Crippen molar-refractivity contribution in [2.45, 2.75) is 32.1 Å². The summed E-state index contributed by atoms with van der Waals surface area (Å²) in [6, 6.07) is 52.2. The summed E-state index contributed by atoms with van der Waals surface area (Å²) >= 11 is 0. The van der Waals surface area contributed by atoms with Gasteiger partial charge in [0.2, 0.25) is 0 Å². The predicted octanol–water partition coefficient (Wildman–Crippen LogP) is 13.5. The Morgan fingerprint density at radius 1 is 0.537 bits per heavy atom. The second-order valence-corrected chi connectivity index (χ2v) is 15.2. The van der Waals surface area contributed by atoms with Crippen molar-refractivity contribution in [2.75, 3.05) is 0 Å². The number of allylic oxidation sites excluding steroid dienone is 1. The third kappa shape index (κ3) is 4.61. The van der Waals surface area contributed by atoms with Crippen molar-refractivity contribution in [3.05, 3.63) is 174 Å². The molecule has 0 bridgehead atoms. The van der Waals surface area contributed by atoms with Crippen LogP contribution in [0.5, 0.6) is 0 Å². The molecule has 0 atom stereocenters. The van der Waals surface area contributed by atoms with Gasteiger partial charge in [-0.1, -0.05) is 147 Å². The molecule has 0 aliphatic heterocycles. The molecule has 7 aromatic carbocycles. The number of fused-ring (bicyclic) bond motifs is 9. The van der Waals surface area contributed by atoms with E-state index in [1.54, 1.807) is 0 Å². The first kappa shape index (κ1) is 31.0. The van der Waals surface area contributed by atoms with Gasteiger partial charge in [0.05, 0.1) is 11.4 Å². The zero-order valence-electron chi connectivity index (χ0n) is 30.2. The largest absolute Gasteiger partial charge is 0.456 e. The predicted molar refractivity (Wildman–Crippen MR) is 223 cm³/mol. The van der Waals surface area contributed by atoms with Crippen LogP contribution in [-0.4, -0.2) is 9.97 Å². The van der Waals surface area contributed by atoms with E-state index in [0.29, 0.717) is 0 Å².